The van der Waals surface area contributed by atoms with Crippen LogP contribution >= 0.6 is 0 Å². The Balaban J connectivity index is 1.99. The minimum atomic E-state index is 0.00146. The van der Waals surface area contributed by atoms with Gasteiger partial charge in [0.1, 0.15) is 6.61 Å². The summed E-state index contributed by atoms with van der Waals surface area (Å²) in [6.07, 6.45) is 1.81. The highest BCUT2D eigenvalue weighted by Crippen LogP contribution is 2.23. The highest BCUT2D eigenvalue weighted by molar-refractivity contribution is 5.19. The molecule has 1 heterocycles. The number of likely N-dealkylation sites (N-methyl/N-ethyl adjacent to an activating group) is 1. The Morgan fingerprint density at radius 2 is 2.11 bits per heavy atom. The highest BCUT2D eigenvalue weighted by Gasteiger charge is 2.16. The first kappa shape index (κ1) is 13.4. The van der Waals surface area contributed by atoms with Gasteiger partial charge in [0.05, 0.1) is 6.04 Å². The second-order valence-electron chi connectivity index (χ2n) is 4.49. The molecule has 1 aromatic carbocycles. The Morgan fingerprint density at radius 1 is 1.37 bits per heavy atom. The van der Waals surface area contributed by atoms with Gasteiger partial charge >= 0.3 is 0 Å². The second-order valence-corrected chi connectivity index (χ2v) is 4.49. The van der Waals surface area contributed by atoms with Gasteiger partial charge in [0.25, 0.3) is 5.88 Å². The van der Waals surface area contributed by atoms with E-state index in [1.165, 1.54) is 0 Å². The summed E-state index contributed by atoms with van der Waals surface area (Å²) in [5.41, 5.74) is 1.10. The molecule has 2 aromatic rings. The minimum absolute atomic E-state index is 0.00146. The average Bonchev–Trinajstić information content (AvgIpc) is 2.87. The quantitative estimate of drug-likeness (QED) is 0.746. The maximum absolute atomic E-state index is 5.59. The summed E-state index contributed by atoms with van der Waals surface area (Å²) >= 11 is 0. The molecular weight excluding hydrogens is 240 g/mol. The Labute approximate surface area is 113 Å². The number of nitrogens with zero attached hydrogens (tertiary/aromatic N) is 2. The Kier molecular flexibility index (Phi) is 4.36. The fourth-order valence-electron chi connectivity index (χ4n) is 1.79. The van der Waals surface area contributed by atoms with E-state index in [-0.39, 0.29) is 6.04 Å². The minimum Gasteiger partial charge on any atom is -0.471 e. The molecule has 0 radical (unpaired) electrons. The monoisotopic (exact) mass is 258 g/mol. The lowest BCUT2D eigenvalue weighted by atomic mass is 10.2. The third kappa shape index (κ3) is 3.45. The van der Waals surface area contributed by atoms with Crippen molar-refractivity contribution in [3.63, 3.8) is 0 Å². The molecule has 4 heteroatoms. The van der Waals surface area contributed by atoms with Crippen LogP contribution in [-0.4, -0.2) is 24.2 Å². The second kappa shape index (κ2) is 6.20. The van der Waals surface area contributed by atoms with Gasteiger partial charge in [-0.05, 0) is 24.8 Å². The number of aromatic nitrogens is 1. The van der Waals surface area contributed by atoms with Crippen molar-refractivity contribution in [2.75, 3.05) is 14.1 Å². The molecule has 0 saturated heterocycles. The molecule has 4 nitrogen and oxygen atoms in total. The summed E-state index contributed by atoms with van der Waals surface area (Å²) in [5.74, 6) is 1.22. The Bertz CT molecular complexity index is 520. The van der Waals surface area contributed by atoms with E-state index < -0.39 is 0 Å². The molecule has 100 valence electrons. The third-order valence-corrected chi connectivity index (χ3v) is 2.81. The number of hydrogen-bond acceptors (Lipinski definition) is 4. The number of ether oxygens (including phenoxy) is 1. The maximum atomic E-state index is 5.59. The number of benzene rings is 1. The summed E-state index contributed by atoms with van der Waals surface area (Å²) in [6, 6.07) is 11.8. The van der Waals surface area contributed by atoms with E-state index in [2.05, 4.69) is 11.7 Å². The molecule has 0 amide bonds. The normalized spacial score (nSPS) is 12.4. The predicted molar refractivity (Wildman–Crippen MR) is 73.9 cm³/mol. The van der Waals surface area contributed by atoms with E-state index in [1.54, 1.807) is 6.07 Å². The van der Waals surface area contributed by atoms with Crippen molar-refractivity contribution in [1.82, 2.24) is 10.1 Å². The molecule has 1 atom stereocenters. The Morgan fingerprint density at radius 3 is 2.74 bits per heavy atom. The first-order valence-corrected chi connectivity index (χ1v) is 6.13. The SMILES string of the molecule is C=C[C@@H](c1cc(OCc2ccccc2)no1)N(C)C. The largest absolute Gasteiger partial charge is 0.471 e. The van der Waals surface area contributed by atoms with Crippen LogP contribution in [0.25, 0.3) is 0 Å². The van der Waals surface area contributed by atoms with Crippen LogP contribution in [0.4, 0.5) is 0 Å². The zero-order chi connectivity index (χ0) is 13.7. The van der Waals surface area contributed by atoms with Crippen molar-refractivity contribution in [3.8, 4) is 5.88 Å². The van der Waals surface area contributed by atoms with Crippen molar-refractivity contribution < 1.29 is 9.26 Å². The molecule has 19 heavy (non-hydrogen) atoms. The molecule has 0 spiro atoms. The van der Waals surface area contributed by atoms with Gasteiger partial charge in [-0.1, -0.05) is 36.4 Å². The van der Waals surface area contributed by atoms with Gasteiger partial charge in [0, 0.05) is 6.07 Å². The van der Waals surface area contributed by atoms with E-state index in [4.69, 9.17) is 9.26 Å². The van der Waals surface area contributed by atoms with Crippen LogP contribution in [0.2, 0.25) is 0 Å². The maximum Gasteiger partial charge on any atom is 0.254 e. The molecule has 0 N–H and O–H groups in total. The molecule has 0 unspecified atom stereocenters. The molecule has 0 aliphatic heterocycles. The summed E-state index contributed by atoms with van der Waals surface area (Å²) in [7, 11) is 3.92. The van der Waals surface area contributed by atoms with Gasteiger partial charge in [-0.2, -0.15) is 0 Å². The van der Waals surface area contributed by atoms with Crippen molar-refractivity contribution >= 4 is 0 Å². The highest BCUT2D eigenvalue weighted by atomic mass is 16.5. The molecular formula is C15H18N2O2. The molecule has 0 saturated carbocycles. The molecule has 0 fully saturated rings. The van der Waals surface area contributed by atoms with Gasteiger partial charge in [-0.25, -0.2) is 0 Å². The smallest absolute Gasteiger partial charge is 0.254 e. The summed E-state index contributed by atoms with van der Waals surface area (Å²) in [6.45, 7) is 4.27. The zero-order valence-electron chi connectivity index (χ0n) is 11.2. The van der Waals surface area contributed by atoms with Crippen molar-refractivity contribution in [2.45, 2.75) is 12.6 Å². The summed E-state index contributed by atoms with van der Waals surface area (Å²) in [5, 5.41) is 3.91. The zero-order valence-corrected chi connectivity index (χ0v) is 11.2. The fraction of sp³-hybridized carbons (Fsp3) is 0.267. The Hall–Kier alpha value is -2.07. The van der Waals surface area contributed by atoms with E-state index >= 15 is 0 Å². The first-order valence-electron chi connectivity index (χ1n) is 6.13. The van der Waals surface area contributed by atoms with Crippen LogP contribution in [0.15, 0.2) is 53.6 Å². The van der Waals surface area contributed by atoms with Gasteiger partial charge in [-0.15, -0.1) is 6.58 Å². The molecule has 1 aromatic heterocycles. The lowest BCUT2D eigenvalue weighted by Crippen LogP contribution is -2.16. The summed E-state index contributed by atoms with van der Waals surface area (Å²) in [4.78, 5) is 1.99. The standard InChI is InChI=1S/C15H18N2O2/c1-4-13(17(2)3)14-10-15(16-19-14)18-11-12-8-6-5-7-9-12/h4-10,13H,1,11H2,2-3H3/t13-/m0/s1. The summed E-state index contributed by atoms with van der Waals surface area (Å²) < 4.78 is 10.9. The van der Waals surface area contributed by atoms with Crippen molar-refractivity contribution in [2.24, 2.45) is 0 Å². The molecule has 0 bridgehead atoms. The van der Waals surface area contributed by atoms with Crippen molar-refractivity contribution in [1.29, 1.82) is 0 Å². The van der Waals surface area contributed by atoms with Gasteiger partial charge < -0.3 is 9.26 Å². The van der Waals surface area contributed by atoms with E-state index in [0.717, 1.165) is 11.3 Å². The van der Waals surface area contributed by atoms with Crippen LogP contribution in [0.1, 0.15) is 17.4 Å². The molecule has 0 aliphatic carbocycles. The lowest BCUT2D eigenvalue weighted by Gasteiger charge is -2.16. The third-order valence-electron chi connectivity index (χ3n) is 2.81. The van der Waals surface area contributed by atoms with Crippen molar-refractivity contribution in [3.05, 3.63) is 60.4 Å². The van der Waals surface area contributed by atoms with Crippen LogP contribution in [0.3, 0.4) is 0 Å². The van der Waals surface area contributed by atoms with Gasteiger partial charge in [0.2, 0.25) is 0 Å². The van der Waals surface area contributed by atoms with Crippen LogP contribution in [-0.2, 0) is 6.61 Å². The van der Waals surface area contributed by atoms with Gasteiger partial charge in [-0.3, -0.25) is 4.90 Å². The number of rotatable bonds is 6. The molecule has 2 rings (SSSR count). The van der Waals surface area contributed by atoms with Crippen LogP contribution < -0.4 is 4.74 Å². The predicted octanol–water partition coefficient (Wildman–Crippen LogP) is 3.04. The number of hydrogen-bond donors (Lipinski definition) is 0. The van der Waals surface area contributed by atoms with Gasteiger partial charge in [0.15, 0.2) is 5.76 Å². The topological polar surface area (TPSA) is 38.5 Å². The molecule has 0 aliphatic rings. The van der Waals surface area contributed by atoms with E-state index in [1.807, 2.05) is 55.4 Å². The lowest BCUT2D eigenvalue weighted by molar-refractivity contribution is 0.248. The van der Waals surface area contributed by atoms with E-state index in [9.17, 15) is 0 Å². The van der Waals surface area contributed by atoms with Crippen LogP contribution in [0.5, 0.6) is 5.88 Å². The fourth-order valence-corrected chi connectivity index (χ4v) is 1.79. The van der Waals surface area contributed by atoms with Crippen LogP contribution in [0, 0.1) is 0 Å². The average molecular weight is 258 g/mol. The van der Waals surface area contributed by atoms with E-state index in [0.29, 0.717) is 12.5 Å². The first-order chi connectivity index (χ1) is 9.20.